The van der Waals surface area contributed by atoms with E-state index in [1.54, 1.807) is 24.5 Å². The third kappa shape index (κ3) is 5.05. The molecule has 10 heteroatoms. The maximum absolute atomic E-state index is 13.2. The average molecular weight is 501 g/mol. The molecular formula is C25H32N4O5S. The van der Waals surface area contributed by atoms with Crippen molar-refractivity contribution >= 4 is 22.0 Å². The molecule has 1 aromatic heterocycles. The molecular weight excluding hydrogens is 468 g/mol. The van der Waals surface area contributed by atoms with Crippen LogP contribution in [-0.4, -0.2) is 68.0 Å². The number of carbonyl (C=O) groups excluding carboxylic acids is 1. The van der Waals surface area contributed by atoms with Crippen LogP contribution in [0.2, 0.25) is 0 Å². The Morgan fingerprint density at radius 1 is 1.20 bits per heavy atom. The van der Waals surface area contributed by atoms with Crippen molar-refractivity contribution in [3.05, 3.63) is 47.8 Å². The van der Waals surface area contributed by atoms with Crippen molar-refractivity contribution in [3.8, 4) is 0 Å². The number of carbonyl (C=O) groups is 1. The molecule has 0 aromatic carbocycles. The molecule has 1 atom stereocenters. The van der Waals surface area contributed by atoms with Gasteiger partial charge < -0.3 is 19.7 Å². The molecule has 1 aromatic rings. The minimum Gasteiger partial charge on any atom is -0.454 e. The number of allylic oxidation sites excluding steroid dienone is 1. The first-order chi connectivity index (χ1) is 16.8. The van der Waals surface area contributed by atoms with Crippen LogP contribution in [0.15, 0.2) is 52.0 Å². The summed E-state index contributed by atoms with van der Waals surface area (Å²) in [4.78, 5) is 23.6. The molecule has 2 saturated heterocycles. The van der Waals surface area contributed by atoms with E-state index in [-0.39, 0.29) is 33.8 Å². The third-order valence-electron chi connectivity index (χ3n) is 7.45. The Balaban J connectivity index is 1.15. The molecule has 0 radical (unpaired) electrons. The summed E-state index contributed by atoms with van der Waals surface area (Å²) in [7, 11) is -3.44. The summed E-state index contributed by atoms with van der Waals surface area (Å²) in [6.45, 7) is 5.35. The standard InChI is InChI=1S/C25H32N4O5S/c1-25-8-9-26-17-23(25)34-22(14-25)24(30)28-15-18-2-3-21(16-27-18)35(31,32)20-4-10-29(11-5-20)19-6-12-33-13-7-19/h2-3,9,14,16-17,19-20H,4-8,10-13,15H2,1H3,(H,28,30). The lowest BCUT2D eigenvalue weighted by atomic mass is 9.85. The number of rotatable bonds is 6. The number of hydrogen-bond donors (Lipinski definition) is 1. The minimum atomic E-state index is -3.44. The van der Waals surface area contributed by atoms with E-state index in [2.05, 4.69) is 20.2 Å². The fraction of sp³-hybridized carbons (Fsp3) is 0.560. The molecule has 2 fully saturated rings. The Morgan fingerprint density at radius 2 is 1.97 bits per heavy atom. The normalized spacial score (nSPS) is 26.0. The Bertz CT molecular complexity index is 1150. The fourth-order valence-corrected chi connectivity index (χ4v) is 6.84. The summed E-state index contributed by atoms with van der Waals surface area (Å²) in [6.07, 6.45) is 10.7. The zero-order valence-corrected chi connectivity index (χ0v) is 20.8. The molecule has 1 N–H and O–H groups in total. The number of likely N-dealkylation sites (tertiary alicyclic amines) is 1. The number of sulfone groups is 1. The molecule has 1 amide bonds. The molecule has 4 aliphatic heterocycles. The zero-order valence-electron chi connectivity index (χ0n) is 20.0. The van der Waals surface area contributed by atoms with E-state index < -0.39 is 9.84 Å². The van der Waals surface area contributed by atoms with Gasteiger partial charge in [0.05, 0.1) is 34.0 Å². The van der Waals surface area contributed by atoms with Crippen molar-refractivity contribution in [1.82, 2.24) is 15.2 Å². The van der Waals surface area contributed by atoms with E-state index in [1.807, 2.05) is 13.0 Å². The fourth-order valence-electron chi connectivity index (χ4n) is 5.17. The van der Waals surface area contributed by atoms with Crippen molar-refractivity contribution in [1.29, 1.82) is 0 Å². The number of aromatic nitrogens is 1. The number of piperidine rings is 1. The van der Waals surface area contributed by atoms with Crippen LogP contribution in [0.5, 0.6) is 0 Å². The van der Waals surface area contributed by atoms with E-state index in [9.17, 15) is 13.2 Å². The van der Waals surface area contributed by atoms with Gasteiger partial charge in [-0.1, -0.05) is 0 Å². The highest BCUT2D eigenvalue weighted by molar-refractivity contribution is 7.92. The van der Waals surface area contributed by atoms with Gasteiger partial charge in [-0.05, 0) is 70.3 Å². The van der Waals surface area contributed by atoms with Crippen molar-refractivity contribution in [3.63, 3.8) is 0 Å². The van der Waals surface area contributed by atoms with Crippen LogP contribution >= 0.6 is 0 Å². The Kier molecular flexibility index (Phi) is 6.78. The lowest BCUT2D eigenvalue weighted by molar-refractivity contribution is -0.120. The van der Waals surface area contributed by atoms with Crippen molar-refractivity contribution < 1.29 is 22.7 Å². The largest absolute Gasteiger partial charge is 0.454 e. The van der Waals surface area contributed by atoms with E-state index in [0.717, 1.165) is 39.1 Å². The maximum Gasteiger partial charge on any atom is 0.287 e. The number of aliphatic imine (C=N–C) groups is 1. The number of nitrogens with zero attached hydrogens (tertiary/aromatic N) is 3. The summed E-state index contributed by atoms with van der Waals surface area (Å²) in [5.41, 5.74) is 0.236. The van der Waals surface area contributed by atoms with Crippen LogP contribution < -0.4 is 5.32 Å². The molecule has 188 valence electrons. The number of ether oxygens (including phenoxy) is 2. The third-order valence-corrected chi connectivity index (χ3v) is 9.70. The Hall–Kier alpha value is -2.56. The molecule has 5 heterocycles. The summed E-state index contributed by atoms with van der Waals surface area (Å²) in [5, 5.41) is 2.41. The highest BCUT2D eigenvalue weighted by Crippen LogP contribution is 2.42. The molecule has 1 unspecified atom stereocenters. The topological polar surface area (TPSA) is 110 Å². The lowest BCUT2D eigenvalue weighted by Gasteiger charge is -2.38. The second kappa shape index (κ2) is 9.83. The van der Waals surface area contributed by atoms with Gasteiger partial charge in [0.25, 0.3) is 5.91 Å². The molecule has 0 bridgehead atoms. The van der Waals surface area contributed by atoms with Crippen LogP contribution in [0.3, 0.4) is 0 Å². The Labute approximate surface area is 206 Å². The summed E-state index contributed by atoms with van der Waals surface area (Å²) in [5.74, 6) is 0.572. The van der Waals surface area contributed by atoms with Crippen molar-refractivity contribution in [2.75, 3.05) is 26.3 Å². The molecule has 0 spiro atoms. The van der Waals surface area contributed by atoms with Gasteiger partial charge in [0.15, 0.2) is 15.6 Å². The molecule has 9 nitrogen and oxygen atoms in total. The molecule has 35 heavy (non-hydrogen) atoms. The number of amides is 1. The second-order valence-corrected chi connectivity index (χ2v) is 12.1. The summed E-state index contributed by atoms with van der Waals surface area (Å²) >= 11 is 0. The van der Waals surface area contributed by atoms with Gasteiger partial charge in [0.2, 0.25) is 0 Å². The van der Waals surface area contributed by atoms with Crippen LogP contribution in [0.4, 0.5) is 0 Å². The van der Waals surface area contributed by atoms with E-state index in [4.69, 9.17) is 9.47 Å². The van der Waals surface area contributed by atoms with Crippen LogP contribution in [0.25, 0.3) is 0 Å². The van der Waals surface area contributed by atoms with Gasteiger partial charge >= 0.3 is 0 Å². The molecule has 4 aliphatic rings. The first-order valence-electron chi connectivity index (χ1n) is 12.3. The zero-order chi connectivity index (χ0) is 24.5. The summed E-state index contributed by atoms with van der Waals surface area (Å²) in [6, 6.07) is 3.76. The number of nitrogens with one attached hydrogen (secondary N) is 1. The number of pyridine rings is 1. The van der Waals surface area contributed by atoms with Crippen LogP contribution in [0, 0.1) is 5.41 Å². The van der Waals surface area contributed by atoms with E-state index in [1.165, 1.54) is 6.20 Å². The highest BCUT2D eigenvalue weighted by atomic mass is 32.2. The quantitative estimate of drug-likeness (QED) is 0.638. The van der Waals surface area contributed by atoms with Gasteiger partial charge in [0.1, 0.15) is 5.76 Å². The van der Waals surface area contributed by atoms with Crippen LogP contribution in [-0.2, 0) is 30.7 Å². The van der Waals surface area contributed by atoms with E-state index >= 15 is 0 Å². The highest BCUT2D eigenvalue weighted by Gasteiger charge is 2.39. The summed E-state index contributed by atoms with van der Waals surface area (Å²) < 4.78 is 37.5. The molecule has 0 saturated carbocycles. The molecule has 5 rings (SSSR count). The van der Waals surface area contributed by atoms with Crippen molar-refractivity contribution in [2.24, 2.45) is 10.4 Å². The maximum atomic E-state index is 13.2. The predicted octanol–water partition coefficient (Wildman–Crippen LogP) is 2.35. The molecule has 0 aliphatic carbocycles. The van der Waals surface area contributed by atoms with E-state index in [0.29, 0.717) is 36.8 Å². The Morgan fingerprint density at radius 3 is 2.66 bits per heavy atom. The monoisotopic (exact) mass is 500 g/mol. The van der Waals surface area contributed by atoms with Gasteiger partial charge in [0, 0.05) is 31.7 Å². The first kappa shape index (κ1) is 24.1. The van der Waals surface area contributed by atoms with Gasteiger partial charge in [-0.15, -0.1) is 0 Å². The SMILES string of the molecule is CC12C=C(C(=O)NCc3ccc(S(=O)(=O)C4CCN(C5CCOCC5)CC4)cn3)OC1=CN=CC2. The lowest BCUT2D eigenvalue weighted by Crippen LogP contribution is -2.46. The number of fused-ring (bicyclic) bond motifs is 1. The minimum absolute atomic E-state index is 0.176. The second-order valence-electron chi connectivity index (χ2n) is 9.85. The van der Waals surface area contributed by atoms with Gasteiger partial charge in [-0.3, -0.25) is 14.8 Å². The van der Waals surface area contributed by atoms with Crippen LogP contribution in [0.1, 0.15) is 44.7 Å². The predicted molar refractivity (Wildman–Crippen MR) is 130 cm³/mol. The average Bonchev–Trinajstić information content (AvgIpc) is 3.25. The number of hydrogen-bond acceptors (Lipinski definition) is 8. The first-order valence-corrected chi connectivity index (χ1v) is 13.8. The van der Waals surface area contributed by atoms with Gasteiger partial charge in [-0.2, -0.15) is 0 Å². The van der Waals surface area contributed by atoms with Gasteiger partial charge in [-0.25, -0.2) is 8.42 Å². The van der Waals surface area contributed by atoms with Crippen molar-refractivity contribution in [2.45, 2.75) is 61.8 Å². The smallest absolute Gasteiger partial charge is 0.287 e.